The molecule has 0 saturated heterocycles. The fraction of sp³-hybridized carbons (Fsp3) is 0.667. The van der Waals surface area contributed by atoms with Crippen LogP contribution >= 0.6 is 0 Å². The van der Waals surface area contributed by atoms with E-state index < -0.39 is 35.6 Å². The lowest BCUT2D eigenvalue weighted by Crippen LogP contribution is -2.39. The van der Waals surface area contributed by atoms with E-state index in [4.69, 9.17) is 4.74 Å². The van der Waals surface area contributed by atoms with Crippen molar-refractivity contribution in [2.75, 3.05) is 0 Å². The van der Waals surface area contributed by atoms with E-state index in [2.05, 4.69) is 13.0 Å². The average Bonchev–Trinajstić information content (AvgIpc) is 3.00. The van der Waals surface area contributed by atoms with Gasteiger partial charge in [0, 0.05) is 0 Å². The van der Waals surface area contributed by atoms with Crippen molar-refractivity contribution < 1.29 is 31.1 Å². The zero-order valence-corrected chi connectivity index (χ0v) is 25.3. The summed E-state index contributed by atoms with van der Waals surface area (Å²) in [6, 6.07) is 7.82. The highest BCUT2D eigenvalue weighted by Gasteiger charge is 2.46. The molecule has 2 aromatic rings. The number of rotatable bonds is 10. The number of alkyl halides is 2. The molecular weight excluding hydrogens is 562 g/mol. The van der Waals surface area contributed by atoms with Gasteiger partial charge in [-0.25, -0.2) is 17.6 Å². The Balaban J connectivity index is 1.05. The third-order valence-corrected chi connectivity index (χ3v) is 10.7. The summed E-state index contributed by atoms with van der Waals surface area (Å²) in [7, 11) is 0. The molecule has 0 atom stereocenters. The first-order chi connectivity index (χ1) is 20.6. The first kappa shape index (κ1) is 32.4. The lowest BCUT2D eigenvalue weighted by atomic mass is 9.68. The highest BCUT2D eigenvalue weighted by atomic mass is 19.3. The van der Waals surface area contributed by atoms with Crippen LogP contribution < -0.4 is 0 Å². The molecule has 3 aliphatic carbocycles. The number of ether oxygens (including phenoxy) is 1. The molecule has 0 bridgehead atoms. The van der Waals surface area contributed by atoms with Gasteiger partial charge in [-0.2, -0.15) is 8.78 Å². The number of halogens is 6. The van der Waals surface area contributed by atoms with Crippen LogP contribution in [0.1, 0.15) is 132 Å². The summed E-state index contributed by atoms with van der Waals surface area (Å²) in [5.41, 5.74) is 2.28. The molecule has 0 aromatic heterocycles. The van der Waals surface area contributed by atoms with Crippen molar-refractivity contribution in [3.63, 3.8) is 0 Å². The number of hydrogen-bond donors (Lipinski definition) is 0. The Morgan fingerprint density at radius 3 is 1.84 bits per heavy atom. The first-order valence-electron chi connectivity index (χ1n) is 16.6. The normalized spacial score (nSPS) is 28.6. The zero-order chi connectivity index (χ0) is 30.6. The third-order valence-electron chi connectivity index (χ3n) is 10.7. The predicted octanol–water partition coefficient (Wildman–Crippen LogP) is 11.4. The molecule has 0 amide bonds. The number of hydrogen-bond acceptors (Lipinski definition) is 1. The van der Waals surface area contributed by atoms with E-state index in [1.807, 2.05) is 6.07 Å². The van der Waals surface area contributed by atoms with Crippen molar-refractivity contribution in [1.82, 2.24) is 0 Å². The van der Waals surface area contributed by atoms with Gasteiger partial charge in [-0.05, 0) is 148 Å². The number of aryl methyl sites for hydroxylation is 1. The van der Waals surface area contributed by atoms with Gasteiger partial charge < -0.3 is 4.74 Å². The van der Waals surface area contributed by atoms with Crippen molar-refractivity contribution in [3.8, 4) is 0 Å². The molecule has 0 heterocycles. The molecule has 3 fully saturated rings. The zero-order valence-electron chi connectivity index (χ0n) is 25.3. The van der Waals surface area contributed by atoms with Crippen molar-refractivity contribution >= 4 is 0 Å². The minimum Gasteiger partial charge on any atom is -0.317 e. The SMILES string of the molecule is CCCCCc1ccc(C2CCC(C3CCC(C(F)(F)OC4CCC(c5cc(F)c(F)c(F)c5)CC4)CC3)CC2)c(F)c1. The molecule has 0 unspecified atom stereocenters. The molecule has 238 valence electrons. The van der Waals surface area contributed by atoms with E-state index in [0.717, 1.165) is 87.5 Å². The second-order valence-corrected chi connectivity index (χ2v) is 13.5. The molecule has 7 heteroatoms. The summed E-state index contributed by atoms with van der Waals surface area (Å²) >= 11 is 0. The Hall–Kier alpha value is -2.02. The number of benzene rings is 2. The van der Waals surface area contributed by atoms with Crippen LogP contribution in [0, 0.1) is 41.0 Å². The van der Waals surface area contributed by atoms with Gasteiger partial charge in [-0.1, -0.05) is 31.9 Å². The minimum atomic E-state index is -3.20. The fourth-order valence-corrected chi connectivity index (χ4v) is 8.11. The van der Waals surface area contributed by atoms with Gasteiger partial charge in [0.1, 0.15) is 5.82 Å². The minimum absolute atomic E-state index is 0.0769. The molecular formula is C36H46F6O. The Kier molecular flexibility index (Phi) is 10.8. The largest absolute Gasteiger partial charge is 0.358 e. The van der Waals surface area contributed by atoms with Gasteiger partial charge in [0.2, 0.25) is 0 Å². The van der Waals surface area contributed by atoms with E-state index in [1.165, 1.54) is 0 Å². The van der Waals surface area contributed by atoms with E-state index in [0.29, 0.717) is 55.9 Å². The Labute approximate surface area is 252 Å². The van der Waals surface area contributed by atoms with Gasteiger partial charge in [0.05, 0.1) is 12.0 Å². The monoisotopic (exact) mass is 608 g/mol. The Bertz CT molecular complexity index is 1170. The molecule has 0 N–H and O–H groups in total. The van der Waals surface area contributed by atoms with E-state index in [9.17, 15) is 17.6 Å². The van der Waals surface area contributed by atoms with Crippen LogP contribution in [0.2, 0.25) is 0 Å². The summed E-state index contributed by atoms with van der Waals surface area (Å²) in [6.45, 7) is 2.17. The Morgan fingerprint density at radius 2 is 1.26 bits per heavy atom. The highest BCUT2D eigenvalue weighted by molar-refractivity contribution is 5.28. The first-order valence-corrected chi connectivity index (χ1v) is 16.6. The van der Waals surface area contributed by atoms with Crippen LogP contribution in [-0.4, -0.2) is 12.2 Å². The van der Waals surface area contributed by atoms with Crippen LogP contribution in [0.5, 0.6) is 0 Å². The standard InChI is InChI=1S/C36H46F6O/c1-2-3-4-5-23-6-19-31(32(37)20-23)27-9-7-24(8-10-27)25-11-15-29(16-12-25)36(41,42)43-30-17-13-26(14-18-30)28-21-33(38)35(40)34(39)22-28/h6,19-22,24-27,29-30H,2-5,7-18H2,1H3. The second kappa shape index (κ2) is 14.4. The topological polar surface area (TPSA) is 9.23 Å². The van der Waals surface area contributed by atoms with Crippen molar-refractivity contribution in [2.45, 2.75) is 134 Å². The smallest absolute Gasteiger partial charge is 0.317 e. The van der Waals surface area contributed by atoms with E-state index >= 15 is 8.78 Å². The predicted molar refractivity (Wildman–Crippen MR) is 157 cm³/mol. The molecule has 3 saturated carbocycles. The third kappa shape index (κ3) is 7.99. The molecule has 0 radical (unpaired) electrons. The quantitative estimate of drug-likeness (QED) is 0.148. The van der Waals surface area contributed by atoms with Gasteiger partial charge in [0.15, 0.2) is 17.5 Å². The van der Waals surface area contributed by atoms with Crippen LogP contribution in [-0.2, 0) is 11.2 Å². The summed E-state index contributed by atoms with van der Waals surface area (Å²) in [5, 5.41) is 0. The molecule has 1 nitrogen and oxygen atoms in total. The van der Waals surface area contributed by atoms with Crippen molar-refractivity contribution in [1.29, 1.82) is 0 Å². The fourth-order valence-electron chi connectivity index (χ4n) is 8.11. The maximum atomic E-state index is 15.2. The molecule has 0 spiro atoms. The van der Waals surface area contributed by atoms with E-state index in [-0.39, 0.29) is 17.7 Å². The van der Waals surface area contributed by atoms with Gasteiger partial charge in [-0.3, -0.25) is 0 Å². The summed E-state index contributed by atoms with van der Waals surface area (Å²) in [6.07, 6.45) is 8.60. The van der Waals surface area contributed by atoms with Crippen LogP contribution in [0.3, 0.4) is 0 Å². The summed E-state index contributed by atoms with van der Waals surface area (Å²) in [5.74, 6) is -3.82. The van der Waals surface area contributed by atoms with Gasteiger partial charge >= 0.3 is 6.11 Å². The average molecular weight is 609 g/mol. The summed E-state index contributed by atoms with van der Waals surface area (Å²) < 4.78 is 91.4. The molecule has 3 aliphatic rings. The van der Waals surface area contributed by atoms with Gasteiger partial charge in [0.25, 0.3) is 0 Å². The second-order valence-electron chi connectivity index (χ2n) is 13.5. The lowest BCUT2D eigenvalue weighted by molar-refractivity contribution is -0.301. The lowest BCUT2D eigenvalue weighted by Gasteiger charge is -2.40. The van der Waals surface area contributed by atoms with E-state index in [1.54, 1.807) is 6.07 Å². The van der Waals surface area contributed by atoms with Crippen LogP contribution in [0.25, 0.3) is 0 Å². The molecule has 43 heavy (non-hydrogen) atoms. The van der Waals surface area contributed by atoms with Crippen molar-refractivity contribution in [3.05, 3.63) is 70.3 Å². The Morgan fingerprint density at radius 1 is 0.674 bits per heavy atom. The van der Waals surface area contributed by atoms with Gasteiger partial charge in [-0.15, -0.1) is 0 Å². The maximum absolute atomic E-state index is 15.2. The number of unbranched alkanes of at least 4 members (excludes halogenated alkanes) is 2. The van der Waals surface area contributed by atoms with Crippen LogP contribution in [0.4, 0.5) is 26.3 Å². The van der Waals surface area contributed by atoms with Crippen molar-refractivity contribution in [2.24, 2.45) is 17.8 Å². The highest BCUT2D eigenvalue weighted by Crippen LogP contribution is 2.48. The molecule has 5 rings (SSSR count). The molecule has 0 aliphatic heterocycles. The molecule has 2 aromatic carbocycles. The maximum Gasteiger partial charge on any atom is 0.358 e. The van der Waals surface area contributed by atoms with Crippen LogP contribution in [0.15, 0.2) is 30.3 Å². The summed E-state index contributed by atoms with van der Waals surface area (Å²) in [4.78, 5) is 0.